The molecule has 0 amide bonds. The Morgan fingerprint density at radius 2 is 2.24 bits per heavy atom. The monoisotopic (exact) mass is 253 g/mol. The van der Waals surface area contributed by atoms with Crippen LogP contribution < -0.4 is 5.32 Å². The lowest BCUT2D eigenvalue weighted by Crippen LogP contribution is -2.21. The van der Waals surface area contributed by atoms with E-state index in [0.717, 1.165) is 37.4 Å². The highest BCUT2D eigenvalue weighted by atomic mass is 35.5. The molecule has 3 heteroatoms. The van der Waals surface area contributed by atoms with Crippen LogP contribution in [0.2, 0.25) is 5.02 Å². The molecule has 1 aromatic rings. The molecule has 0 saturated heterocycles. The summed E-state index contributed by atoms with van der Waals surface area (Å²) < 4.78 is 0. The van der Waals surface area contributed by atoms with Gasteiger partial charge in [-0.25, -0.2) is 0 Å². The standard InChI is InChI=1S/C14H20ClNO/c1-10-6-13(15)4-3-12(10)9-16-8-11-2-5-14(17)7-11/h3-4,6,11,14,16-17H,2,5,7-9H2,1H3. The molecular weight excluding hydrogens is 234 g/mol. The Bertz CT molecular complexity index is 380. The van der Waals surface area contributed by atoms with Gasteiger partial charge in [-0.05, 0) is 61.9 Å². The zero-order chi connectivity index (χ0) is 12.3. The van der Waals surface area contributed by atoms with Crippen LogP contribution in [0.5, 0.6) is 0 Å². The fourth-order valence-electron chi connectivity index (χ4n) is 2.50. The Labute approximate surface area is 108 Å². The lowest BCUT2D eigenvalue weighted by Gasteiger charge is -2.12. The van der Waals surface area contributed by atoms with Gasteiger partial charge >= 0.3 is 0 Å². The molecule has 0 spiro atoms. The zero-order valence-electron chi connectivity index (χ0n) is 10.2. The average molecular weight is 254 g/mol. The minimum atomic E-state index is -0.0703. The molecule has 0 bridgehead atoms. The van der Waals surface area contributed by atoms with Crippen molar-refractivity contribution in [2.75, 3.05) is 6.54 Å². The molecule has 2 atom stereocenters. The molecule has 1 aliphatic rings. The molecule has 1 fully saturated rings. The van der Waals surface area contributed by atoms with E-state index in [-0.39, 0.29) is 6.10 Å². The number of aliphatic hydroxyl groups excluding tert-OH is 1. The number of aryl methyl sites for hydroxylation is 1. The van der Waals surface area contributed by atoms with Gasteiger partial charge in [-0.1, -0.05) is 17.7 Å². The SMILES string of the molecule is Cc1cc(Cl)ccc1CNCC1CCC(O)C1. The van der Waals surface area contributed by atoms with Crippen LogP contribution in [0.3, 0.4) is 0 Å². The van der Waals surface area contributed by atoms with Gasteiger partial charge in [0.05, 0.1) is 6.10 Å². The lowest BCUT2D eigenvalue weighted by molar-refractivity contribution is 0.177. The van der Waals surface area contributed by atoms with Crippen molar-refractivity contribution in [1.82, 2.24) is 5.32 Å². The largest absolute Gasteiger partial charge is 0.393 e. The quantitative estimate of drug-likeness (QED) is 0.865. The summed E-state index contributed by atoms with van der Waals surface area (Å²) in [6.45, 7) is 3.97. The van der Waals surface area contributed by atoms with Crippen LogP contribution in [0.15, 0.2) is 18.2 Å². The Morgan fingerprint density at radius 3 is 2.88 bits per heavy atom. The summed E-state index contributed by atoms with van der Waals surface area (Å²) in [6, 6.07) is 6.01. The second kappa shape index (κ2) is 5.85. The van der Waals surface area contributed by atoms with E-state index in [9.17, 15) is 5.11 Å². The first-order valence-corrected chi connectivity index (χ1v) is 6.67. The van der Waals surface area contributed by atoms with E-state index in [1.807, 2.05) is 12.1 Å². The molecule has 94 valence electrons. The normalized spacial score (nSPS) is 24.2. The average Bonchev–Trinajstić information content (AvgIpc) is 2.68. The molecule has 2 unspecified atom stereocenters. The summed E-state index contributed by atoms with van der Waals surface area (Å²) in [5.74, 6) is 0.637. The minimum Gasteiger partial charge on any atom is -0.393 e. The third-order valence-electron chi connectivity index (χ3n) is 3.57. The predicted octanol–water partition coefficient (Wildman–Crippen LogP) is 2.90. The Balaban J connectivity index is 1.78. The number of rotatable bonds is 4. The fourth-order valence-corrected chi connectivity index (χ4v) is 2.73. The third-order valence-corrected chi connectivity index (χ3v) is 3.80. The van der Waals surface area contributed by atoms with E-state index < -0.39 is 0 Å². The van der Waals surface area contributed by atoms with Crippen molar-refractivity contribution in [3.63, 3.8) is 0 Å². The molecule has 1 saturated carbocycles. The smallest absolute Gasteiger partial charge is 0.0543 e. The van der Waals surface area contributed by atoms with Gasteiger partial charge in [0, 0.05) is 11.6 Å². The highest BCUT2D eigenvalue weighted by molar-refractivity contribution is 6.30. The highest BCUT2D eigenvalue weighted by Gasteiger charge is 2.21. The molecule has 1 aromatic carbocycles. The molecular formula is C14H20ClNO. The topological polar surface area (TPSA) is 32.3 Å². The van der Waals surface area contributed by atoms with E-state index in [1.54, 1.807) is 0 Å². The highest BCUT2D eigenvalue weighted by Crippen LogP contribution is 2.24. The van der Waals surface area contributed by atoms with Gasteiger partial charge in [0.1, 0.15) is 0 Å². The van der Waals surface area contributed by atoms with Crippen LogP contribution in [-0.2, 0) is 6.54 Å². The molecule has 0 aromatic heterocycles. The molecule has 1 aliphatic carbocycles. The fraction of sp³-hybridized carbons (Fsp3) is 0.571. The van der Waals surface area contributed by atoms with Crippen molar-refractivity contribution in [2.24, 2.45) is 5.92 Å². The van der Waals surface area contributed by atoms with Crippen LogP contribution in [-0.4, -0.2) is 17.8 Å². The van der Waals surface area contributed by atoms with Gasteiger partial charge < -0.3 is 10.4 Å². The molecule has 2 rings (SSSR count). The summed E-state index contributed by atoms with van der Waals surface area (Å²) in [4.78, 5) is 0. The van der Waals surface area contributed by atoms with Crippen LogP contribution in [0.25, 0.3) is 0 Å². The molecule has 0 heterocycles. The second-order valence-electron chi connectivity index (χ2n) is 5.03. The lowest BCUT2D eigenvalue weighted by atomic mass is 10.1. The van der Waals surface area contributed by atoms with Crippen molar-refractivity contribution in [1.29, 1.82) is 0 Å². The maximum atomic E-state index is 9.45. The van der Waals surface area contributed by atoms with E-state index in [0.29, 0.717) is 5.92 Å². The Kier molecular flexibility index (Phi) is 4.43. The van der Waals surface area contributed by atoms with Crippen molar-refractivity contribution in [3.8, 4) is 0 Å². The number of nitrogens with one attached hydrogen (secondary N) is 1. The van der Waals surface area contributed by atoms with Crippen molar-refractivity contribution >= 4 is 11.6 Å². The Morgan fingerprint density at radius 1 is 1.41 bits per heavy atom. The first kappa shape index (κ1) is 12.9. The number of benzene rings is 1. The number of aliphatic hydroxyl groups is 1. The predicted molar refractivity (Wildman–Crippen MR) is 71.2 cm³/mol. The molecule has 2 nitrogen and oxygen atoms in total. The summed E-state index contributed by atoms with van der Waals surface area (Å²) >= 11 is 5.92. The van der Waals surface area contributed by atoms with E-state index >= 15 is 0 Å². The van der Waals surface area contributed by atoms with Gasteiger partial charge in [-0.2, -0.15) is 0 Å². The van der Waals surface area contributed by atoms with Crippen LogP contribution in [0.1, 0.15) is 30.4 Å². The maximum Gasteiger partial charge on any atom is 0.0543 e. The van der Waals surface area contributed by atoms with Gasteiger partial charge in [-0.15, -0.1) is 0 Å². The van der Waals surface area contributed by atoms with Crippen molar-refractivity contribution in [3.05, 3.63) is 34.3 Å². The molecule has 17 heavy (non-hydrogen) atoms. The van der Waals surface area contributed by atoms with Gasteiger partial charge in [0.2, 0.25) is 0 Å². The Hall–Kier alpha value is -0.570. The maximum absolute atomic E-state index is 9.45. The summed E-state index contributed by atoms with van der Waals surface area (Å²) in [7, 11) is 0. The molecule has 0 radical (unpaired) electrons. The van der Waals surface area contributed by atoms with E-state index in [4.69, 9.17) is 11.6 Å². The van der Waals surface area contributed by atoms with Crippen molar-refractivity contribution < 1.29 is 5.11 Å². The summed E-state index contributed by atoms with van der Waals surface area (Å²) in [5.41, 5.74) is 2.53. The van der Waals surface area contributed by atoms with Gasteiger partial charge in [0.25, 0.3) is 0 Å². The molecule has 2 N–H and O–H groups in total. The first-order chi connectivity index (χ1) is 8.15. The minimum absolute atomic E-state index is 0.0703. The van der Waals surface area contributed by atoms with Gasteiger partial charge in [0.15, 0.2) is 0 Å². The zero-order valence-corrected chi connectivity index (χ0v) is 11.0. The van der Waals surface area contributed by atoms with Crippen LogP contribution in [0, 0.1) is 12.8 Å². The van der Waals surface area contributed by atoms with Crippen LogP contribution >= 0.6 is 11.6 Å². The van der Waals surface area contributed by atoms with Crippen molar-refractivity contribution in [2.45, 2.75) is 38.8 Å². The number of hydrogen-bond acceptors (Lipinski definition) is 2. The number of hydrogen-bond donors (Lipinski definition) is 2. The third kappa shape index (κ3) is 3.70. The van der Waals surface area contributed by atoms with E-state index in [1.165, 1.54) is 11.1 Å². The number of halogens is 1. The second-order valence-corrected chi connectivity index (χ2v) is 5.47. The first-order valence-electron chi connectivity index (χ1n) is 6.29. The van der Waals surface area contributed by atoms with E-state index in [2.05, 4.69) is 18.3 Å². The summed E-state index contributed by atoms with van der Waals surface area (Å²) in [6.07, 6.45) is 2.99. The van der Waals surface area contributed by atoms with Crippen LogP contribution in [0.4, 0.5) is 0 Å². The summed E-state index contributed by atoms with van der Waals surface area (Å²) in [5, 5.41) is 13.7. The molecule has 0 aliphatic heterocycles. The van der Waals surface area contributed by atoms with Gasteiger partial charge in [-0.3, -0.25) is 0 Å².